The molecule has 4 rings (SSSR count). The first kappa shape index (κ1) is 18.4. The van der Waals surface area contributed by atoms with Gasteiger partial charge in [-0.05, 0) is 30.3 Å². The molecule has 1 aromatic carbocycles. The summed E-state index contributed by atoms with van der Waals surface area (Å²) in [5, 5.41) is 0.387. The smallest absolute Gasteiger partial charge is 0.246 e. The van der Waals surface area contributed by atoms with Crippen molar-refractivity contribution >= 4 is 34.9 Å². The van der Waals surface area contributed by atoms with E-state index in [1.807, 2.05) is 51.9 Å². The van der Waals surface area contributed by atoms with Crippen molar-refractivity contribution in [3.05, 3.63) is 65.6 Å². The topological polar surface area (TPSA) is 50.1 Å². The lowest BCUT2D eigenvalue weighted by Gasteiger charge is -2.35. The molecule has 1 saturated heterocycles. The number of rotatable bonds is 4. The maximum atomic E-state index is 12.6. The number of piperazine rings is 1. The molecule has 0 atom stereocenters. The van der Waals surface area contributed by atoms with Crippen LogP contribution >= 0.6 is 11.6 Å². The Morgan fingerprint density at radius 3 is 2.75 bits per heavy atom. The third-order valence-corrected chi connectivity index (χ3v) is 5.19. The van der Waals surface area contributed by atoms with Gasteiger partial charge in [-0.15, -0.1) is 0 Å². The highest BCUT2D eigenvalue weighted by atomic mass is 35.5. The van der Waals surface area contributed by atoms with Crippen molar-refractivity contribution in [3.63, 3.8) is 0 Å². The van der Waals surface area contributed by atoms with E-state index in [4.69, 9.17) is 16.3 Å². The summed E-state index contributed by atoms with van der Waals surface area (Å²) in [5.41, 5.74) is 2.58. The van der Waals surface area contributed by atoms with E-state index < -0.39 is 0 Å². The summed E-state index contributed by atoms with van der Waals surface area (Å²) in [6.45, 7) is 2.90. The summed E-state index contributed by atoms with van der Waals surface area (Å²) in [6, 6.07) is 13.7. The van der Waals surface area contributed by atoms with E-state index in [-0.39, 0.29) is 5.91 Å². The van der Waals surface area contributed by atoms with Crippen molar-refractivity contribution in [3.8, 4) is 5.75 Å². The van der Waals surface area contributed by atoms with Crippen molar-refractivity contribution < 1.29 is 9.53 Å². The van der Waals surface area contributed by atoms with E-state index in [2.05, 4.69) is 16.0 Å². The van der Waals surface area contributed by atoms with Crippen LogP contribution in [0.15, 0.2) is 54.7 Å². The summed E-state index contributed by atoms with van der Waals surface area (Å²) in [5.74, 6) is 0.816. The van der Waals surface area contributed by atoms with Crippen LogP contribution < -0.4 is 9.64 Å². The SMILES string of the molecule is COc1cccc(N2CCN(C(=O)/C=C/c3c(Cl)nc4ccccn34)CC2)c1. The molecule has 1 fully saturated rings. The van der Waals surface area contributed by atoms with Crippen LogP contribution in [0.2, 0.25) is 5.15 Å². The van der Waals surface area contributed by atoms with Crippen molar-refractivity contribution in [2.45, 2.75) is 0 Å². The van der Waals surface area contributed by atoms with Crippen molar-refractivity contribution in [2.75, 3.05) is 38.2 Å². The first-order chi connectivity index (χ1) is 13.7. The molecule has 3 aromatic rings. The molecular formula is C21H21ClN4O2. The Kier molecular flexibility index (Phi) is 5.21. The van der Waals surface area contributed by atoms with E-state index in [9.17, 15) is 4.79 Å². The van der Waals surface area contributed by atoms with E-state index in [0.717, 1.165) is 30.2 Å². The lowest BCUT2D eigenvalue weighted by Crippen LogP contribution is -2.48. The maximum absolute atomic E-state index is 12.6. The average Bonchev–Trinajstić information content (AvgIpc) is 3.07. The fraction of sp³-hybridized carbons (Fsp3) is 0.238. The van der Waals surface area contributed by atoms with Gasteiger partial charge in [0.15, 0.2) is 5.15 Å². The Balaban J connectivity index is 1.41. The highest BCUT2D eigenvalue weighted by Crippen LogP contribution is 2.22. The highest BCUT2D eigenvalue weighted by Gasteiger charge is 2.20. The molecule has 6 nitrogen and oxygen atoms in total. The number of anilines is 1. The zero-order valence-corrected chi connectivity index (χ0v) is 16.3. The van der Waals surface area contributed by atoms with Gasteiger partial charge in [-0.3, -0.25) is 9.20 Å². The molecule has 1 amide bonds. The minimum atomic E-state index is -0.0211. The third kappa shape index (κ3) is 3.68. The van der Waals surface area contributed by atoms with E-state index in [1.54, 1.807) is 19.3 Å². The van der Waals surface area contributed by atoms with Gasteiger partial charge >= 0.3 is 0 Å². The van der Waals surface area contributed by atoms with Gasteiger partial charge in [0.2, 0.25) is 5.91 Å². The first-order valence-electron chi connectivity index (χ1n) is 9.14. The molecule has 1 aliphatic rings. The Morgan fingerprint density at radius 1 is 1.14 bits per heavy atom. The van der Waals surface area contributed by atoms with Crippen LogP contribution in [0.1, 0.15) is 5.69 Å². The number of halogens is 1. The van der Waals surface area contributed by atoms with Crippen LogP contribution in [0.4, 0.5) is 5.69 Å². The van der Waals surface area contributed by atoms with E-state index in [0.29, 0.717) is 23.9 Å². The van der Waals surface area contributed by atoms with Crippen LogP contribution in [-0.4, -0.2) is 53.5 Å². The molecule has 28 heavy (non-hydrogen) atoms. The second kappa shape index (κ2) is 7.94. The van der Waals surface area contributed by atoms with Gasteiger partial charge in [-0.1, -0.05) is 23.7 Å². The van der Waals surface area contributed by atoms with Crippen molar-refractivity contribution in [2.24, 2.45) is 0 Å². The largest absolute Gasteiger partial charge is 0.497 e. The predicted molar refractivity (Wildman–Crippen MR) is 111 cm³/mol. The molecule has 0 radical (unpaired) electrons. The Hall–Kier alpha value is -2.99. The predicted octanol–water partition coefficient (Wildman–Crippen LogP) is 3.36. The minimum Gasteiger partial charge on any atom is -0.497 e. The number of fused-ring (bicyclic) bond motifs is 1. The van der Waals surface area contributed by atoms with Gasteiger partial charge in [-0.2, -0.15) is 0 Å². The summed E-state index contributed by atoms with van der Waals surface area (Å²) in [7, 11) is 1.66. The molecule has 2 aromatic heterocycles. The van der Waals surface area contributed by atoms with E-state index in [1.165, 1.54) is 0 Å². The zero-order chi connectivity index (χ0) is 19.5. The number of hydrogen-bond acceptors (Lipinski definition) is 4. The second-order valence-corrected chi connectivity index (χ2v) is 6.92. The van der Waals surface area contributed by atoms with Gasteiger partial charge in [0.05, 0.1) is 12.8 Å². The van der Waals surface area contributed by atoms with Gasteiger partial charge in [-0.25, -0.2) is 4.98 Å². The number of amides is 1. The molecule has 0 aliphatic carbocycles. The summed E-state index contributed by atoms with van der Waals surface area (Å²) in [6.07, 6.45) is 5.19. The van der Waals surface area contributed by atoms with E-state index >= 15 is 0 Å². The average molecular weight is 397 g/mol. The molecule has 1 aliphatic heterocycles. The van der Waals surface area contributed by atoms with Gasteiger partial charge in [0.1, 0.15) is 11.4 Å². The quantitative estimate of drug-likeness (QED) is 0.634. The van der Waals surface area contributed by atoms with Crippen molar-refractivity contribution in [1.29, 1.82) is 0 Å². The molecular weight excluding hydrogens is 376 g/mol. The second-order valence-electron chi connectivity index (χ2n) is 6.56. The number of carbonyl (C=O) groups excluding carboxylic acids is 1. The van der Waals surface area contributed by atoms with Gasteiger partial charge in [0.25, 0.3) is 0 Å². The number of carbonyl (C=O) groups is 1. The van der Waals surface area contributed by atoms with Crippen molar-refractivity contribution in [1.82, 2.24) is 14.3 Å². The Labute approximate surface area is 168 Å². The highest BCUT2D eigenvalue weighted by molar-refractivity contribution is 6.31. The summed E-state index contributed by atoms with van der Waals surface area (Å²) in [4.78, 5) is 21.0. The maximum Gasteiger partial charge on any atom is 0.246 e. The standard InChI is InChI=1S/C21H21ClN4O2/c1-28-17-6-4-5-16(15-17)24-11-13-25(14-12-24)20(27)9-8-18-21(22)23-19-7-2-3-10-26(18)19/h2-10,15H,11-14H2,1H3/b9-8+. The van der Waals surface area contributed by atoms with Crippen LogP contribution in [0.3, 0.4) is 0 Å². The van der Waals surface area contributed by atoms with Gasteiger partial charge < -0.3 is 14.5 Å². The van der Waals surface area contributed by atoms with Crippen LogP contribution in [0.25, 0.3) is 11.7 Å². The minimum absolute atomic E-state index is 0.0211. The van der Waals surface area contributed by atoms with Gasteiger partial charge in [0, 0.05) is 50.2 Å². The molecule has 0 saturated carbocycles. The normalized spacial score (nSPS) is 14.8. The summed E-state index contributed by atoms with van der Waals surface area (Å²) < 4.78 is 7.16. The number of ether oxygens (including phenoxy) is 1. The first-order valence-corrected chi connectivity index (χ1v) is 9.52. The number of pyridine rings is 1. The molecule has 144 valence electrons. The van der Waals surface area contributed by atoms with Crippen LogP contribution in [0.5, 0.6) is 5.75 Å². The molecule has 0 spiro atoms. The number of hydrogen-bond donors (Lipinski definition) is 0. The third-order valence-electron chi connectivity index (χ3n) is 4.92. The molecule has 7 heteroatoms. The van der Waals surface area contributed by atoms with Crippen LogP contribution in [0, 0.1) is 0 Å². The Morgan fingerprint density at radius 2 is 1.96 bits per heavy atom. The lowest BCUT2D eigenvalue weighted by atomic mass is 10.2. The number of aromatic nitrogens is 2. The number of nitrogens with zero attached hydrogens (tertiary/aromatic N) is 4. The lowest BCUT2D eigenvalue weighted by molar-refractivity contribution is -0.126. The Bertz CT molecular complexity index is 1020. The molecule has 0 unspecified atom stereocenters. The monoisotopic (exact) mass is 396 g/mol. The fourth-order valence-electron chi connectivity index (χ4n) is 3.38. The number of benzene rings is 1. The number of methoxy groups -OCH3 is 1. The number of imidazole rings is 1. The zero-order valence-electron chi connectivity index (χ0n) is 15.6. The molecule has 0 bridgehead atoms. The molecule has 0 N–H and O–H groups in total. The van der Waals surface area contributed by atoms with Crippen LogP contribution in [-0.2, 0) is 4.79 Å². The summed E-state index contributed by atoms with van der Waals surface area (Å²) >= 11 is 6.22. The fourth-order valence-corrected chi connectivity index (χ4v) is 3.62. The molecule has 3 heterocycles.